The second kappa shape index (κ2) is 8.49. The van der Waals surface area contributed by atoms with Crippen molar-refractivity contribution in [2.24, 2.45) is 0 Å². The molecule has 0 N–H and O–H groups in total. The predicted molar refractivity (Wildman–Crippen MR) is 80.3 cm³/mol. The van der Waals surface area contributed by atoms with Crippen LogP contribution in [0, 0.1) is 6.92 Å². The average molecular weight is 285 g/mol. The van der Waals surface area contributed by atoms with Crippen molar-refractivity contribution in [3.8, 4) is 0 Å². The van der Waals surface area contributed by atoms with Gasteiger partial charge in [-0.2, -0.15) is 0 Å². The molecule has 0 fully saturated rings. The smallest absolute Gasteiger partial charge is 0.106 e. The maximum atomic E-state index is 12.1. The Morgan fingerprint density at radius 3 is 2.50 bits per heavy atom. The molecule has 100 valence electrons. The van der Waals surface area contributed by atoms with Gasteiger partial charge in [-0.1, -0.05) is 61.6 Å². The minimum absolute atomic E-state index is 0.454. The number of aryl methyl sites for hydroxylation is 1. The number of hydrogen-bond acceptors (Lipinski definition) is 1. The third-order valence-corrected chi connectivity index (χ3v) is 4.57. The van der Waals surface area contributed by atoms with E-state index in [-0.39, 0.29) is 0 Å². The van der Waals surface area contributed by atoms with Crippen LogP contribution in [0.5, 0.6) is 0 Å². The van der Waals surface area contributed by atoms with E-state index in [4.69, 9.17) is 11.6 Å². The summed E-state index contributed by atoms with van der Waals surface area (Å²) in [5.74, 6) is 0. The van der Waals surface area contributed by atoms with Crippen LogP contribution in [0.3, 0.4) is 0 Å². The van der Waals surface area contributed by atoms with Gasteiger partial charge < -0.3 is 0 Å². The molecule has 0 saturated heterocycles. The minimum atomic E-state index is -1.22. The van der Waals surface area contributed by atoms with E-state index in [0.29, 0.717) is 4.36 Å². The molecular weight excluding hydrogens is 264 g/mol. The maximum Gasteiger partial charge on any atom is 0.106 e. The van der Waals surface area contributed by atoms with Gasteiger partial charge in [0.05, 0.1) is 10.8 Å². The second-order valence-electron chi connectivity index (χ2n) is 4.44. The van der Waals surface area contributed by atoms with E-state index in [1.807, 2.05) is 37.3 Å². The van der Waals surface area contributed by atoms with Crippen LogP contribution in [0.2, 0.25) is 0 Å². The summed E-state index contributed by atoms with van der Waals surface area (Å²) < 4.78 is 12.5. The van der Waals surface area contributed by atoms with Crippen LogP contribution in [0.1, 0.15) is 44.6 Å². The second-order valence-corrected chi connectivity index (χ2v) is 6.52. The standard InChI is InChI=1S/C15H21ClOS/c1-3-4-5-6-7-8-15(16)18(17)14-11-9-13(2)10-12-14/h8-12H,3-7H2,1-2H3/b15-8-. The Hall–Kier alpha value is -0.600. The highest BCUT2D eigenvalue weighted by atomic mass is 35.5. The summed E-state index contributed by atoms with van der Waals surface area (Å²) in [6, 6.07) is 7.66. The zero-order valence-electron chi connectivity index (χ0n) is 11.1. The normalized spacial score (nSPS) is 13.6. The fraction of sp³-hybridized carbons (Fsp3) is 0.467. The first-order chi connectivity index (χ1) is 8.65. The predicted octanol–water partition coefficient (Wildman–Crippen LogP) is 5.15. The summed E-state index contributed by atoms with van der Waals surface area (Å²) in [5, 5.41) is 0. The summed E-state index contributed by atoms with van der Waals surface area (Å²) in [7, 11) is -1.22. The van der Waals surface area contributed by atoms with Gasteiger partial charge in [0, 0.05) is 4.90 Å². The van der Waals surface area contributed by atoms with Gasteiger partial charge >= 0.3 is 0 Å². The quantitative estimate of drug-likeness (QED) is 0.633. The van der Waals surface area contributed by atoms with Crippen LogP contribution in [0.25, 0.3) is 0 Å². The van der Waals surface area contributed by atoms with Crippen molar-refractivity contribution in [3.63, 3.8) is 0 Å². The molecule has 3 heteroatoms. The van der Waals surface area contributed by atoms with Crippen LogP contribution in [-0.4, -0.2) is 4.21 Å². The van der Waals surface area contributed by atoms with E-state index in [9.17, 15) is 4.21 Å². The molecule has 0 aliphatic carbocycles. The van der Waals surface area contributed by atoms with E-state index in [1.54, 1.807) is 0 Å². The van der Waals surface area contributed by atoms with E-state index in [2.05, 4.69) is 6.92 Å². The fourth-order valence-corrected chi connectivity index (χ4v) is 2.89. The molecule has 0 amide bonds. The average Bonchev–Trinajstić information content (AvgIpc) is 2.38. The Labute approximate surface area is 118 Å². The van der Waals surface area contributed by atoms with Crippen molar-refractivity contribution in [3.05, 3.63) is 40.3 Å². The molecule has 18 heavy (non-hydrogen) atoms. The van der Waals surface area contributed by atoms with Crippen molar-refractivity contribution in [1.82, 2.24) is 0 Å². The fourth-order valence-electron chi connectivity index (χ4n) is 1.64. The number of benzene rings is 1. The van der Waals surface area contributed by atoms with Gasteiger partial charge in [0.25, 0.3) is 0 Å². The van der Waals surface area contributed by atoms with E-state index in [1.165, 1.54) is 19.3 Å². The van der Waals surface area contributed by atoms with Gasteiger partial charge in [0.15, 0.2) is 0 Å². The zero-order chi connectivity index (χ0) is 13.4. The van der Waals surface area contributed by atoms with Gasteiger partial charge in [0.2, 0.25) is 0 Å². The molecule has 0 saturated carbocycles. The van der Waals surface area contributed by atoms with Crippen molar-refractivity contribution < 1.29 is 4.21 Å². The third-order valence-electron chi connectivity index (χ3n) is 2.77. The molecular formula is C15H21ClOS. The lowest BCUT2D eigenvalue weighted by atomic mass is 10.2. The molecule has 0 aliphatic rings. The molecule has 1 nitrogen and oxygen atoms in total. The summed E-state index contributed by atoms with van der Waals surface area (Å²) in [6.07, 6.45) is 7.63. The lowest BCUT2D eigenvalue weighted by Gasteiger charge is -2.02. The monoisotopic (exact) mass is 284 g/mol. The van der Waals surface area contributed by atoms with Gasteiger partial charge in [-0.05, 0) is 31.9 Å². The number of unbranched alkanes of at least 4 members (excludes halogenated alkanes) is 4. The third kappa shape index (κ3) is 5.36. The zero-order valence-corrected chi connectivity index (χ0v) is 12.7. The number of allylic oxidation sites excluding steroid dienone is 1. The highest BCUT2D eigenvalue weighted by Crippen LogP contribution is 2.19. The van der Waals surface area contributed by atoms with E-state index >= 15 is 0 Å². The van der Waals surface area contributed by atoms with Crippen LogP contribution in [0.4, 0.5) is 0 Å². The number of halogens is 1. The molecule has 1 aromatic rings. The van der Waals surface area contributed by atoms with Gasteiger partial charge in [-0.25, -0.2) is 4.21 Å². The first kappa shape index (κ1) is 15.5. The Morgan fingerprint density at radius 2 is 1.89 bits per heavy atom. The molecule has 0 spiro atoms. The molecule has 1 unspecified atom stereocenters. The van der Waals surface area contributed by atoms with Gasteiger partial charge in [-0.15, -0.1) is 0 Å². The van der Waals surface area contributed by atoms with Crippen LogP contribution in [-0.2, 0) is 10.8 Å². The van der Waals surface area contributed by atoms with Crippen LogP contribution < -0.4 is 0 Å². The van der Waals surface area contributed by atoms with Crippen molar-refractivity contribution in [1.29, 1.82) is 0 Å². The SMILES string of the molecule is CCCCCC/C=C(/Cl)S(=O)c1ccc(C)cc1. The van der Waals surface area contributed by atoms with E-state index in [0.717, 1.165) is 23.3 Å². The van der Waals surface area contributed by atoms with Crippen LogP contribution >= 0.6 is 11.6 Å². The first-order valence-corrected chi connectivity index (χ1v) is 8.02. The molecule has 0 aromatic heterocycles. The van der Waals surface area contributed by atoms with Crippen molar-refractivity contribution in [2.75, 3.05) is 0 Å². The molecule has 0 radical (unpaired) electrons. The summed E-state index contributed by atoms with van der Waals surface area (Å²) in [4.78, 5) is 0.774. The summed E-state index contributed by atoms with van der Waals surface area (Å²) >= 11 is 6.08. The Balaban J connectivity index is 2.50. The Kier molecular flexibility index (Phi) is 7.29. The van der Waals surface area contributed by atoms with Crippen molar-refractivity contribution >= 4 is 22.4 Å². The largest absolute Gasteiger partial charge is 0.248 e. The summed E-state index contributed by atoms with van der Waals surface area (Å²) in [6.45, 7) is 4.20. The first-order valence-electron chi connectivity index (χ1n) is 6.49. The molecule has 1 rings (SSSR count). The Bertz CT molecular complexity index is 409. The number of hydrogen-bond donors (Lipinski definition) is 0. The lowest BCUT2D eigenvalue weighted by molar-refractivity contribution is 0.673. The summed E-state index contributed by atoms with van der Waals surface area (Å²) in [5.41, 5.74) is 1.16. The molecule has 1 atom stereocenters. The van der Waals surface area contributed by atoms with E-state index < -0.39 is 10.8 Å². The van der Waals surface area contributed by atoms with Crippen LogP contribution in [0.15, 0.2) is 39.6 Å². The molecule has 1 aromatic carbocycles. The van der Waals surface area contributed by atoms with Gasteiger partial charge in [-0.3, -0.25) is 0 Å². The topological polar surface area (TPSA) is 17.1 Å². The highest BCUT2D eigenvalue weighted by Gasteiger charge is 2.07. The van der Waals surface area contributed by atoms with Gasteiger partial charge in [0.1, 0.15) is 4.36 Å². The maximum absolute atomic E-state index is 12.1. The highest BCUT2D eigenvalue weighted by molar-refractivity contribution is 7.90. The number of rotatable bonds is 7. The van der Waals surface area contributed by atoms with Crippen molar-refractivity contribution in [2.45, 2.75) is 50.8 Å². The lowest BCUT2D eigenvalue weighted by Crippen LogP contribution is -1.91. The molecule has 0 bridgehead atoms. The molecule has 0 aliphatic heterocycles. The molecule has 0 heterocycles. The Morgan fingerprint density at radius 1 is 1.22 bits per heavy atom. The minimum Gasteiger partial charge on any atom is -0.248 e.